The van der Waals surface area contributed by atoms with E-state index in [4.69, 9.17) is 4.74 Å². The van der Waals surface area contributed by atoms with E-state index in [0.29, 0.717) is 6.61 Å². The van der Waals surface area contributed by atoms with Crippen LogP contribution < -0.4 is 4.90 Å². The zero-order valence-electron chi connectivity index (χ0n) is 16.1. The molecule has 1 aromatic carbocycles. The summed E-state index contributed by atoms with van der Waals surface area (Å²) in [6.45, 7) is 4.76. The van der Waals surface area contributed by atoms with Gasteiger partial charge < -0.3 is 19.1 Å². The molecule has 0 saturated heterocycles. The highest BCUT2D eigenvalue weighted by Gasteiger charge is 2.35. The summed E-state index contributed by atoms with van der Waals surface area (Å²) in [5, 5.41) is 1.25. The number of anilines is 1. The molecule has 1 aliphatic rings. The topological polar surface area (TPSA) is 37.7 Å². The predicted octanol–water partition coefficient (Wildman–Crippen LogP) is 2.67. The molecule has 0 saturated carbocycles. The van der Waals surface area contributed by atoms with Crippen LogP contribution >= 0.6 is 0 Å². The molecule has 1 aliphatic heterocycles. The third kappa shape index (κ3) is 2.91. The highest BCUT2D eigenvalue weighted by Crippen LogP contribution is 2.35. The van der Waals surface area contributed by atoms with Gasteiger partial charge in [-0.3, -0.25) is 4.79 Å². The third-order valence-corrected chi connectivity index (χ3v) is 5.46. The number of hydrogen-bond acceptors (Lipinski definition) is 3. The number of nitrogens with zero attached hydrogens (tertiary/aromatic N) is 3. The monoisotopic (exact) mass is 343 g/mol. The molecule has 25 heavy (non-hydrogen) atoms. The molecular weight excluding hydrogens is 314 g/mol. The van der Waals surface area contributed by atoms with E-state index in [9.17, 15) is 4.79 Å². The molecule has 0 bridgehead atoms. The Bertz CT molecular complexity index is 781. The minimum atomic E-state index is -0.193. The minimum Gasteiger partial charge on any atom is -0.383 e. The number of carbonyl (C=O) groups excluding carboxylic acids is 1. The molecule has 2 aromatic rings. The van der Waals surface area contributed by atoms with Gasteiger partial charge in [-0.2, -0.15) is 0 Å². The lowest BCUT2D eigenvalue weighted by atomic mass is 10.00. The van der Waals surface area contributed by atoms with E-state index >= 15 is 0 Å². The average molecular weight is 343 g/mol. The van der Waals surface area contributed by atoms with Crippen molar-refractivity contribution in [2.45, 2.75) is 32.4 Å². The summed E-state index contributed by atoms with van der Waals surface area (Å²) >= 11 is 0. The number of carbonyl (C=O) groups is 1. The molecule has 1 amide bonds. The molecule has 5 nitrogen and oxygen atoms in total. The molecule has 136 valence electrons. The van der Waals surface area contributed by atoms with Gasteiger partial charge >= 0.3 is 0 Å². The Balaban J connectivity index is 2.25. The van der Waals surface area contributed by atoms with Crippen LogP contribution in [0.15, 0.2) is 24.4 Å². The Hall–Kier alpha value is -2.01. The highest BCUT2D eigenvalue weighted by molar-refractivity contribution is 5.98. The molecule has 0 N–H and O–H groups in total. The zero-order valence-corrected chi connectivity index (χ0v) is 16.1. The number of ether oxygens (including phenoxy) is 1. The molecular formula is C20H29N3O2. The van der Waals surface area contributed by atoms with Crippen LogP contribution in [0.4, 0.5) is 5.69 Å². The maximum Gasteiger partial charge on any atom is 0.245 e. The smallest absolute Gasteiger partial charge is 0.245 e. The van der Waals surface area contributed by atoms with E-state index in [2.05, 4.69) is 54.8 Å². The van der Waals surface area contributed by atoms with Crippen LogP contribution in [0.1, 0.15) is 19.4 Å². The molecule has 1 aromatic heterocycles. The molecule has 2 heterocycles. The van der Waals surface area contributed by atoms with Gasteiger partial charge in [-0.15, -0.1) is 0 Å². The van der Waals surface area contributed by atoms with Crippen LogP contribution in [-0.4, -0.2) is 55.3 Å². The van der Waals surface area contributed by atoms with E-state index in [1.54, 1.807) is 7.11 Å². The number of rotatable bonds is 3. The number of benzene rings is 1. The van der Waals surface area contributed by atoms with Gasteiger partial charge in [0, 0.05) is 45.5 Å². The van der Waals surface area contributed by atoms with Crippen LogP contribution in [0.5, 0.6) is 0 Å². The largest absolute Gasteiger partial charge is 0.383 e. The Morgan fingerprint density at radius 3 is 2.56 bits per heavy atom. The second-order valence-corrected chi connectivity index (χ2v) is 7.50. The average Bonchev–Trinajstić information content (AvgIpc) is 2.89. The van der Waals surface area contributed by atoms with Crippen molar-refractivity contribution >= 4 is 22.5 Å². The van der Waals surface area contributed by atoms with E-state index < -0.39 is 0 Å². The first-order valence-electron chi connectivity index (χ1n) is 8.92. The lowest BCUT2D eigenvalue weighted by Gasteiger charge is -2.36. The normalized spacial score (nSPS) is 21.6. The zero-order chi connectivity index (χ0) is 18.3. The summed E-state index contributed by atoms with van der Waals surface area (Å²) in [6, 6.07) is 6.19. The Morgan fingerprint density at radius 2 is 1.92 bits per heavy atom. The number of methoxy groups -OCH3 is 1. The lowest BCUT2D eigenvalue weighted by molar-refractivity contribution is -0.135. The van der Waals surface area contributed by atoms with Gasteiger partial charge in [0.25, 0.3) is 0 Å². The maximum atomic E-state index is 13.3. The standard InChI is InChI=1S/C20H29N3O2/c1-13(2)19-20(24)22(4)15(12-25-6)10-14-11-21(3)16-8-7-9-17(18(14)16)23(19)5/h7-9,11,13,15,19H,10,12H2,1-6H3/t15-,19-/m1/s1. The molecule has 2 atom stereocenters. The molecule has 0 fully saturated rings. The quantitative estimate of drug-likeness (QED) is 0.860. The van der Waals surface area contributed by atoms with Crippen molar-refractivity contribution in [2.75, 3.05) is 32.7 Å². The van der Waals surface area contributed by atoms with Gasteiger partial charge in [-0.25, -0.2) is 0 Å². The number of hydrogen-bond donors (Lipinski definition) is 0. The number of aryl methyl sites for hydroxylation is 1. The first kappa shape index (κ1) is 17.8. The summed E-state index contributed by atoms with van der Waals surface area (Å²) in [7, 11) is 7.73. The van der Waals surface area contributed by atoms with E-state index in [0.717, 1.165) is 12.1 Å². The summed E-state index contributed by atoms with van der Waals surface area (Å²) < 4.78 is 7.62. The fraction of sp³-hybridized carbons (Fsp3) is 0.550. The van der Waals surface area contributed by atoms with Crippen molar-refractivity contribution in [3.63, 3.8) is 0 Å². The van der Waals surface area contributed by atoms with Crippen molar-refractivity contribution in [1.82, 2.24) is 9.47 Å². The van der Waals surface area contributed by atoms with Gasteiger partial charge in [0.15, 0.2) is 0 Å². The van der Waals surface area contributed by atoms with Crippen LogP contribution in [0.3, 0.4) is 0 Å². The number of amides is 1. The Morgan fingerprint density at radius 1 is 1.20 bits per heavy atom. The van der Waals surface area contributed by atoms with Gasteiger partial charge in [-0.05, 0) is 30.0 Å². The minimum absolute atomic E-state index is 0.0314. The first-order chi connectivity index (χ1) is 11.9. The third-order valence-electron chi connectivity index (χ3n) is 5.46. The summed E-state index contributed by atoms with van der Waals surface area (Å²) in [5.41, 5.74) is 3.60. The molecule has 5 heteroatoms. The summed E-state index contributed by atoms with van der Waals surface area (Å²) in [4.78, 5) is 17.3. The summed E-state index contributed by atoms with van der Waals surface area (Å²) in [6.07, 6.45) is 2.99. The number of aromatic nitrogens is 1. The molecule has 0 spiro atoms. The molecule has 3 rings (SSSR count). The van der Waals surface area contributed by atoms with Gasteiger partial charge in [0.2, 0.25) is 5.91 Å². The van der Waals surface area contributed by atoms with Gasteiger partial charge in [-0.1, -0.05) is 19.9 Å². The fourth-order valence-electron chi connectivity index (χ4n) is 4.16. The van der Waals surface area contributed by atoms with E-state index in [-0.39, 0.29) is 23.9 Å². The van der Waals surface area contributed by atoms with Crippen molar-refractivity contribution in [1.29, 1.82) is 0 Å². The fourth-order valence-corrected chi connectivity index (χ4v) is 4.16. The Labute approximate surface area is 150 Å². The first-order valence-corrected chi connectivity index (χ1v) is 8.92. The van der Waals surface area contributed by atoms with Crippen LogP contribution in [0.2, 0.25) is 0 Å². The second kappa shape index (κ2) is 6.71. The van der Waals surface area contributed by atoms with Crippen LogP contribution in [0, 0.1) is 5.92 Å². The van der Waals surface area contributed by atoms with Gasteiger partial charge in [0.05, 0.1) is 18.2 Å². The van der Waals surface area contributed by atoms with Crippen molar-refractivity contribution in [2.24, 2.45) is 13.0 Å². The van der Waals surface area contributed by atoms with E-state index in [1.807, 2.05) is 19.0 Å². The van der Waals surface area contributed by atoms with Crippen molar-refractivity contribution < 1.29 is 9.53 Å². The molecule has 0 radical (unpaired) electrons. The molecule has 0 aliphatic carbocycles. The van der Waals surface area contributed by atoms with Crippen molar-refractivity contribution in [3.05, 3.63) is 30.0 Å². The maximum absolute atomic E-state index is 13.3. The summed E-state index contributed by atoms with van der Waals surface area (Å²) in [5.74, 6) is 0.370. The lowest BCUT2D eigenvalue weighted by Crippen LogP contribution is -2.52. The predicted molar refractivity (Wildman–Crippen MR) is 102 cm³/mol. The number of likely N-dealkylation sites (N-methyl/N-ethyl adjacent to an activating group) is 2. The second-order valence-electron chi connectivity index (χ2n) is 7.50. The van der Waals surface area contributed by atoms with Crippen LogP contribution in [-0.2, 0) is 23.0 Å². The van der Waals surface area contributed by atoms with Crippen molar-refractivity contribution in [3.8, 4) is 0 Å². The van der Waals surface area contributed by atoms with E-state index in [1.165, 1.54) is 16.5 Å². The van der Waals surface area contributed by atoms with Crippen LogP contribution in [0.25, 0.3) is 10.9 Å². The highest BCUT2D eigenvalue weighted by atomic mass is 16.5. The Kier molecular flexibility index (Phi) is 4.78. The SMILES string of the molecule is COC[C@H]1Cc2cn(C)c3cccc(c23)N(C)[C@H](C(C)C)C(=O)N1C. The van der Waals surface area contributed by atoms with Gasteiger partial charge in [0.1, 0.15) is 6.04 Å². The molecule has 0 unspecified atom stereocenters.